The van der Waals surface area contributed by atoms with Gasteiger partial charge in [0.15, 0.2) is 0 Å². The van der Waals surface area contributed by atoms with Crippen LogP contribution in [0.25, 0.3) is 0 Å². The second-order valence-corrected chi connectivity index (χ2v) is 2.21. The molecule has 0 radical (unpaired) electrons. The molecule has 1 amide bonds. The highest BCUT2D eigenvalue weighted by molar-refractivity contribution is 6.29. The van der Waals surface area contributed by atoms with E-state index in [1.54, 1.807) is 0 Å². The largest absolute Gasteiger partial charge is 0.350 e. The summed E-state index contributed by atoms with van der Waals surface area (Å²) >= 11 is 5.36. The molecule has 2 nitrogen and oxygen atoms in total. The molecule has 54 valence electrons. The topological polar surface area (TPSA) is 29.1 Å². The van der Waals surface area contributed by atoms with Crippen LogP contribution in [0, 0.1) is 12.3 Å². The molecule has 0 aromatic carbocycles. The number of terminal acetylenes is 1. The summed E-state index contributed by atoms with van der Waals surface area (Å²) in [6.07, 6.45) is 4.96. The predicted molar refractivity (Wildman–Crippen MR) is 41.5 cm³/mol. The van der Waals surface area contributed by atoms with E-state index < -0.39 is 0 Å². The van der Waals surface area contributed by atoms with Crippen molar-refractivity contribution in [3.63, 3.8) is 0 Å². The number of nitrogens with one attached hydrogen (secondary N) is 1. The highest BCUT2D eigenvalue weighted by atomic mass is 35.5. The van der Waals surface area contributed by atoms with Crippen molar-refractivity contribution in [2.45, 2.75) is 6.42 Å². The van der Waals surface area contributed by atoms with Gasteiger partial charge in [-0.3, -0.25) is 4.79 Å². The molecule has 0 aliphatic heterocycles. The first-order valence-electron chi connectivity index (χ1n) is 2.70. The number of rotatable bonds is 3. The molecule has 0 aromatic rings. The number of carbonyl (C=O) groups is 1. The standard InChI is InChI=1S/C7H8ClNO/c1-3-4-7(10)9-5-6(2)8/h1H,2,4-5H2,(H,9,10). The van der Waals surface area contributed by atoms with Crippen LogP contribution in [0.4, 0.5) is 0 Å². The molecule has 0 fully saturated rings. The molecule has 0 saturated carbocycles. The fraction of sp³-hybridized carbons (Fsp3) is 0.286. The Kier molecular flexibility index (Phi) is 4.43. The van der Waals surface area contributed by atoms with Gasteiger partial charge in [0.25, 0.3) is 0 Å². The number of halogens is 1. The maximum absolute atomic E-state index is 10.6. The average molecular weight is 158 g/mol. The van der Waals surface area contributed by atoms with Gasteiger partial charge in [-0.1, -0.05) is 24.1 Å². The second kappa shape index (κ2) is 4.89. The van der Waals surface area contributed by atoms with Gasteiger partial charge in [-0.25, -0.2) is 0 Å². The first-order valence-corrected chi connectivity index (χ1v) is 3.08. The molecule has 0 aromatic heterocycles. The highest BCUT2D eigenvalue weighted by Crippen LogP contribution is 1.91. The summed E-state index contributed by atoms with van der Waals surface area (Å²) in [5.41, 5.74) is 0. The quantitative estimate of drug-likeness (QED) is 0.606. The van der Waals surface area contributed by atoms with Crippen molar-refractivity contribution in [1.29, 1.82) is 0 Å². The Labute approximate surface area is 65.3 Å². The van der Waals surface area contributed by atoms with Crippen LogP contribution in [0.2, 0.25) is 0 Å². The summed E-state index contributed by atoms with van der Waals surface area (Å²) in [6, 6.07) is 0. The Balaban J connectivity index is 3.42. The van der Waals surface area contributed by atoms with Crippen LogP contribution < -0.4 is 5.32 Å². The first kappa shape index (κ1) is 9.06. The van der Waals surface area contributed by atoms with Crippen LogP contribution in [0.15, 0.2) is 11.6 Å². The van der Waals surface area contributed by atoms with Crippen LogP contribution in [0.5, 0.6) is 0 Å². The number of carbonyl (C=O) groups excluding carboxylic acids is 1. The molecule has 0 spiro atoms. The minimum atomic E-state index is -0.204. The normalized spacial score (nSPS) is 8.00. The summed E-state index contributed by atoms with van der Waals surface area (Å²) in [5, 5.41) is 2.86. The molecule has 0 aliphatic carbocycles. The first-order chi connectivity index (χ1) is 4.66. The summed E-state index contributed by atoms with van der Waals surface area (Å²) in [4.78, 5) is 10.6. The summed E-state index contributed by atoms with van der Waals surface area (Å²) in [6.45, 7) is 3.67. The van der Waals surface area contributed by atoms with Crippen molar-refractivity contribution in [2.75, 3.05) is 6.54 Å². The number of hydrogen-bond acceptors (Lipinski definition) is 1. The maximum atomic E-state index is 10.6. The van der Waals surface area contributed by atoms with E-state index in [1.807, 2.05) is 0 Å². The molecular weight excluding hydrogens is 150 g/mol. The molecule has 0 heterocycles. The molecule has 0 rings (SSSR count). The molecule has 1 N–H and O–H groups in total. The minimum Gasteiger partial charge on any atom is -0.350 e. The minimum absolute atomic E-state index is 0.0875. The van der Waals surface area contributed by atoms with E-state index >= 15 is 0 Å². The zero-order chi connectivity index (χ0) is 7.98. The van der Waals surface area contributed by atoms with Crippen LogP contribution in [0.1, 0.15) is 6.42 Å². The van der Waals surface area contributed by atoms with Gasteiger partial charge in [0.05, 0.1) is 13.0 Å². The average Bonchev–Trinajstić information content (AvgIpc) is 1.85. The molecule has 10 heavy (non-hydrogen) atoms. The predicted octanol–water partition coefficient (Wildman–Crippen LogP) is 0.878. The summed E-state index contributed by atoms with van der Waals surface area (Å²) in [7, 11) is 0. The molecule has 3 heteroatoms. The molecule has 0 bridgehead atoms. The van der Waals surface area contributed by atoms with E-state index in [2.05, 4.69) is 17.8 Å². The van der Waals surface area contributed by atoms with Gasteiger partial charge in [0.2, 0.25) is 5.91 Å². The maximum Gasteiger partial charge on any atom is 0.232 e. The Morgan fingerprint density at radius 3 is 2.80 bits per heavy atom. The van der Waals surface area contributed by atoms with E-state index in [0.717, 1.165) is 0 Å². The van der Waals surface area contributed by atoms with Crippen LogP contribution in [0.3, 0.4) is 0 Å². The third kappa shape index (κ3) is 5.20. The zero-order valence-electron chi connectivity index (χ0n) is 5.48. The lowest BCUT2D eigenvalue weighted by molar-refractivity contribution is -0.119. The Morgan fingerprint density at radius 1 is 1.80 bits per heavy atom. The monoisotopic (exact) mass is 157 g/mol. The number of hydrogen-bond donors (Lipinski definition) is 1. The van der Waals surface area contributed by atoms with Crippen LogP contribution >= 0.6 is 11.6 Å². The summed E-state index contributed by atoms with van der Waals surface area (Å²) < 4.78 is 0. The SMILES string of the molecule is C#CCC(=O)NCC(=C)Cl. The molecular formula is C7H8ClNO. The van der Waals surface area contributed by atoms with Gasteiger partial charge in [0.1, 0.15) is 0 Å². The lowest BCUT2D eigenvalue weighted by Gasteiger charge is -1.98. The zero-order valence-corrected chi connectivity index (χ0v) is 6.24. The van der Waals surface area contributed by atoms with E-state index in [4.69, 9.17) is 18.0 Å². The van der Waals surface area contributed by atoms with E-state index in [9.17, 15) is 4.79 Å². The smallest absolute Gasteiger partial charge is 0.232 e. The fourth-order valence-electron chi connectivity index (χ4n) is 0.350. The Bertz CT molecular complexity index is 181. The Hall–Kier alpha value is -0.940. The third-order valence-electron chi connectivity index (χ3n) is 0.740. The summed E-state index contributed by atoms with van der Waals surface area (Å²) in [5.74, 6) is 2.00. The van der Waals surface area contributed by atoms with Crippen molar-refractivity contribution in [2.24, 2.45) is 0 Å². The number of amides is 1. The van der Waals surface area contributed by atoms with Gasteiger partial charge < -0.3 is 5.32 Å². The van der Waals surface area contributed by atoms with Crippen molar-refractivity contribution in [3.8, 4) is 12.3 Å². The van der Waals surface area contributed by atoms with Gasteiger partial charge in [0, 0.05) is 5.03 Å². The molecule has 0 unspecified atom stereocenters. The van der Waals surface area contributed by atoms with Gasteiger partial charge >= 0.3 is 0 Å². The van der Waals surface area contributed by atoms with Gasteiger partial charge in [-0.2, -0.15) is 0 Å². The lowest BCUT2D eigenvalue weighted by Crippen LogP contribution is -2.23. The van der Waals surface area contributed by atoms with Crippen molar-refractivity contribution in [3.05, 3.63) is 11.6 Å². The lowest BCUT2D eigenvalue weighted by atomic mass is 10.4. The van der Waals surface area contributed by atoms with Crippen LogP contribution in [-0.4, -0.2) is 12.5 Å². The molecule has 0 aliphatic rings. The van der Waals surface area contributed by atoms with Gasteiger partial charge in [-0.05, 0) is 0 Å². The fourth-order valence-corrected chi connectivity index (χ4v) is 0.417. The van der Waals surface area contributed by atoms with E-state index in [0.29, 0.717) is 5.03 Å². The van der Waals surface area contributed by atoms with E-state index in [1.165, 1.54) is 0 Å². The molecule has 0 atom stereocenters. The van der Waals surface area contributed by atoms with Crippen LogP contribution in [-0.2, 0) is 4.79 Å². The second-order valence-electron chi connectivity index (χ2n) is 1.67. The highest BCUT2D eigenvalue weighted by Gasteiger charge is 1.95. The Morgan fingerprint density at radius 2 is 2.40 bits per heavy atom. The third-order valence-corrected chi connectivity index (χ3v) is 0.874. The van der Waals surface area contributed by atoms with Gasteiger partial charge in [-0.15, -0.1) is 6.42 Å². The van der Waals surface area contributed by atoms with E-state index in [-0.39, 0.29) is 18.9 Å². The van der Waals surface area contributed by atoms with Crippen molar-refractivity contribution < 1.29 is 4.79 Å². The van der Waals surface area contributed by atoms with Crippen molar-refractivity contribution in [1.82, 2.24) is 5.32 Å². The van der Waals surface area contributed by atoms with Crippen molar-refractivity contribution >= 4 is 17.5 Å². The molecule has 0 saturated heterocycles.